The lowest BCUT2D eigenvalue weighted by Gasteiger charge is -2.20. The molecule has 0 aromatic heterocycles. The molecule has 0 radical (unpaired) electrons. The second-order valence-electron chi connectivity index (χ2n) is 6.54. The molecule has 0 aliphatic carbocycles. The molecule has 0 aliphatic heterocycles. The van der Waals surface area contributed by atoms with Gasteiger partial charge >= 0.3 is 12.0 Å². The maximum Gasteiger partial charge on any atom is 0.321 e. The molecular weight excluding hydrogens is 374 g/mol. The van der Waals surface area contributed by atoms with Crippen molar-refractivity contribution in [2.24, 2.45) is 5.92 Å². The Balaban J connectivity index is 1.92. The molecule has 0 aliphatic rings. The summed E-state index contributed by atoms with van der Waals surface area (Å²) in [4.78, 5) is 36.7. The van der Waals surface area contributed by atoms with Crippen LogP contribution in [0.5, 0.6) is 5.75 Å². The van der Waals surface area contributed by atoms with Crippen LogP contribution in [0.2, 0.25) is 0 Å². The number of hydrogen-bond donors (Lipinski definition) is 3. The van der Waals surface area contributed by atoms with Gasteiger partial charge in [0, 0.05) is 30.5 Å². The number of amides is 3. The molecule has 0 spiro atoms. The molecule has 0 heterocycles. The van der Waals surface area contributed by atoms with Crippen molar-refractivity contribution in [2.45, 2.75) is 13.8 Å². The minimum absolute atomic E-state index is 0.0870. The quantitative estimate of drug-likeness (QED) is 0.629. The molecule has 0 saturated heterocycles. The average Bonchev–Trinajstić information content (AvgIpc) is 2.70. The number of anilines is 2. The molecule has 1 unspecified atom stereocenters. The predicted molar refractivity (Wildman–Crippen MR) is 110 cm³/mol. The summed E-state index contributed by atoms with van der Waals surface area (Å²) < 4.78 is 5.37. The van der Waals surface area contributed by atoms with E-state index in [-0.39, 0.29) is 12.5 Å². The number of rotatable bonds is 8. The maximum atomic E-state index is 12.4. The van der Waals surface area contributed by atoms with Crippen molar-refractivity contribution in [1.29, 1.82) is 0 Å². The van der Waals surface area contributed by atoms with Crippen LogP contribution in [0, 0.1) is 5.92 Å². The van der Waals surface area contributed by atoms with Crippen LogP contribution < -0.4 is 15.4 Å². The van der Waals surface area contributed by atoms with E-state index in [1.807, 2.05) is 6.92 Å². The number of aliphatic carboxylic acids is 1. The summed E-state index contributed by atoms with van der Waals surface area (Å²) in [7, 11) is 1.52. The van der Waals surface area contributed by atoms with Gasteiger partial charge in [0.15, 0.2) is 0 Å². The Kier molecular flexibility index (Phi) is 7.59. The number of carbonyl (C=O) groups is 3. The van der Waals surface area contributed by atoms with Crippen LogP contribution in [0.1, 0.15) is 24.2 Å². The number of nitrogens with zero attached hydrogens (tertiary/aromatic N) is 1. The highest BCUT2D eigenvalue weighted by Crippen LogP contribution is 2.17. The van der Waals surface area contributed by atoms with E-state index in [2.05, 4.69) is 10.6 Å². The summed E-state index contributed by atoms with van der Waals surface area (Å²) in [5.41, 5.74) is 1.58. The zero-order valence-corrected chi connectivity index (χ0v) is 16.6. The summed E-state index contributed by atoms with van der Waals surface area (Å²) in [6.45, 7) is 4.09. The third-order valence-corrected chi connectivity index (χ3v) is 4.14. The van der Waals surface area contributed by atoms with Gasteiger partial charge in [-0.15, -0.1) is 0 Å². The van der Waals surface area contributed by atoms with Gasteiger partial charge in [-0.25, -0.2) is 4.79 Å². The highest BCUT2D eigenvalue weighted by Gasteiger charge is 2.17. The Morgan fingerprint density at radius 1 is 1.00 bits per heavy atom. The van der Waals surface area contributed by atoms with E-state index in [0.717, 1.165) is 5.75 Å². The number of benzene rings is 2. The van der Waals surface area contributed by atoms with Gasteiger partial charge in [0.05, 0.1) is 12.5 Å². The molecule has 2 aromatic carbocycles. The normalized spacial score (nSPS) is 11.3. The molecule has 0 fully saturated rings. The van der Waals surface area contributed by atoms with Gasteiger partial charge in [0.2, 0.25) is 0 Å². The molecular formula is C21H25N3O5. The summed E-state index contributed by atoms with van der Waals surface area (Å²) in [5, 5.41) is 14.4. The number of carboxylic acid groups (broad SMARTS) is 1. The average molecular weight is 399 g/mol. The van der Waals surface area contributed by atoms with Crippen molar-refractivity contribution in [3.8, 4) is 5.75 Å². The van der Waals surface area contributed by atoms with E-state index in [9.17, 15) is 14.4 Å². The molecule has 2 rings (SSSR count). The number of nitrogens with one attached hydrogen (secondary N) is 2. The van der Waals surface area contributed by atoms with E-state index in [1.165, 1.54) is 18.9 Å². The van der Waals surface area contributed by atoms with Gasteiger partial charge in [-0.1, -0.05) is 6.92 Å². The first kappa shape index (κ1) is 21.7. The zero-order chi connectivity index (χ0) is 21.4. The first-order chi connectivity index (χ1) is 13.8. The number of urea groups is 1. The number of hydrogen-bond acceptors (Lipinski definition) is 4. The van der Waals surface area contributed by atoms with Gasteiger partial charge < -0.3 is 25.4 Å². The van der Waals surface area contributed by atoms with E-state index in [0.29, 0.717) is 23.5 Å². The highest BCUT2D eigenvalue weighted by molar-refractivity contribution is 6.04. The third-order valence-electron chi connectivity index (χ3n) is 4.14. The smallest absolute Gasteiger partial charge is 0.321 e. The topological polar surface area (TPSA) is 108 Å². The minimum atomic E-state index is -0.965. The molecule has 29 heavy (non-hydrogen) atoms. The molecule has 3 N–H and O–H groups in total. The van der Waals surface area contributed by atoms with Crippen molar-refractivity contribution in [3.63, 3.8) is 0 Å². The van der Waals surface area contributed by atoms with E-state index in [4.69, 9.17) is 9.84 Å². The fraction of sp³-hybridized carbons (Fsp3) is 0.286. The Morgan fingerprint density at radius 2 is 1.55 bits per heavy atom. The lowest BCUT2D eigenvalue weighted by Crippen LogP contribution is -2.36. The maximum absolute atomic E-state index is 12.4. The van der Waals surface area contributed by atoms with Gasteiger partial charge in [-0.2, -0.15) is 0 Å². The number of carbonyl (C=O) groups excluding carboxylic acids is 2. The second-order valence-corrected chi connectivity index (χ2v) is 6.54. The number of carboxylic acids is 1. The zero-order valence-electron chi connectivity index (χ0n) is 16.6. The molecule has 8 heteroatoms. The lowest BCUT2D eigenvalue weighted by molar-refractivity contribution is -0.141. The molecule has 3 amide bonds. The van der Waals surface area contributed by atoms with Crippen LogP contribution in [0.4, 0.5) is 16.2 Å². The van der Waals surface area contributed by atoms with Gasteiger partial charge in [0.1, 0.15) is 5.75 Å². The third kappa shape index (κ3) is 6.53. The summed E-state index contributed by atoms with van der Waals surface area (Å²) in [6.07, 6.45) is 0. The van der Waals surface area contributed by atoms with Crippen LogP contribution in [0.15, 0.2) is 48.5 Å². The fourth-order valence-corrected chi connectivity index (χ4v) is 2.50. The monoisotopic (exact) mass is 399 g/mol. The van der Waals surface area contributed by atoms with Crippen molar-refractivity contribution >= 4 is 29.3 Å². The fourth-order valence-electron chi connectivity index (χ4n) is 2.50. The van der Waals surface area contributed by atoms with Gasteiger partial charge in [0.25, 0.3) is 5.91 Å². The van der Waals surface area contributed by atoms with Gasteiger partial charge in [-0.3, -0.25) is 9.59 Å². The SMILES string of the molecule is CCOc1ccc(NC(=O)c2ccc(NC(=O)N(C)CC(C)C(=O)O)cc2)cc1. The molecule has 154 valence electrons. The van der Waals surface area contributed by atoms with E-state index >= 15 is 0 Å². The van der Waals surface area contributed by atoms with Crippen LogP contribution in [-0.2, 0) is 4.79 Å². The van der Waals surface area contributed by atoms with Crippen LogP contribution in [0.3, 0.4) is 0 Å². The van der Waals surface area contributed by atoms with Crippen LogP contribution in [-0.4, -0.2) is 48.1 Å². The standard InChI is InChI=1S/C21H25N3O5/c1-4-29-18-11-9-16(10-12-18)22-19(25)15-5-7-17(8-6-15)23-21(28)24(3)13-14(2)20(26)27/h5-12,14H,4,13H2,1-3H3,(H,22,25)(H,23,28)(H,26,27). The predicted octanol–water partition coefficient (Wildman–Crippen LogP) is 3.52. The Hall–Kier alpha value is -3.55. The van der Waals surface area contributed by atoms with E-state index < -0.39 is 17.9 Å². The Labute approximate surface area is 169 Å². The molecule has 1 atom stereocenters. The van der Waals surface area contributed by atoms with Crippen molar-refractivity contribution in [2.75, 3.05) is 30.8 Å². The van der Waals surface area contributed by atoms with Gasteiger partial charge in [-0.05, 0) is 55.5 Å². The second kappa shape index (κ2) is 10.1. The Bertz CT molecular complexity index is 850. The number of ether oxygens (including phenoxy) is 1. The molecule has 0 saturated carbocycles. The molecule has 0 bridgehead atoms. The first-order valence-corrected chi connectivity index (χ1v) is 9.19. The summed E-state index contributed by atoms with van der Waals surface area (Å²) in [5.74, 6) is -1.18. The first-order valence-electron chi connectivity index (χ1n) is 9.19. The highest BCUT2D eigenvalue weighted by atomic mass is 16.5. The lowest BCUT2D eigenvalue weighted by atomic mass is 10.2. The van der Waals surface area contributed by atoms with E-state index in [1.54, 1.807) is 48.5 Å². The van der Waals surface area contributed by atoms with Crippen molar-refractivity contribution in [3.05, 3.63) is 54.1 Å². The van der Waals surface area contributed by atoms with Crippen LogP contribution >= 0.6 is 0 Å². The Morgan fingerprint density at radius 3 is 2.10 bits per heavy atom. The molecule has 8 nitrogen and oxygen atoms in total. The summed E-state index contributed by atoms with van der Waals surface area (Å²) in [6, 6.07) is 13.1. The van der Waals surface area contributed by atoms with Crippen molar-refractivity contribution in [1.82, 2.24) is 4.90 Å². The largest absolute Gasteiger partial charge is 0.494 e. The summed E-state index contributed by atoms with van der Waals surface area (Å²) >= 11 is 0. The van der Waals surface area contributed by atoms with Crippen molar-refractivity contribution < 1.29 is 24.2 Å². The minimum Gasteiger partial charge on any atom is -0.494 e. The molecule has 2 aromatic rings. The van der Waals surface area contributed by atoms with Crippen LogP contribution in [0.25, 0.3) is 0 Å².